The van der Waals surface area contributed by atoms with Gasteiger partial charge in [-0.2, -0.15) is 0 Å². The van der Waals surface area contributed by atoms with Crippen LogP contribution in [0.25, 0.3) is 0 Å². The largest absolute Gasteiger partial charge is 0.336 e. The summed E-state index contributed by atoms with van der Waals surface area (Å²) < 4.78 is 27.9. The Morgan fingerprint density at radius 2 is 2.11 bits per heavy atom. The van der Waals surface area contributed by atoms with Crippen molar-refractivity contribution in [2.45, 2.75) is 38.3 Å². The normalized spacial score (nSPS) is 15.8. The van der Waals surface area contributed by atoms with Crippen LogP contribution >= 0.6 is 0 Å². The molecule has 7 heteroatoms. The Balaban J connectivity index is 1.53. The fraction of sp³-hybridized carbons (Fsp3) is 0.750. The molecule has 1 saturated carbocycles. The van der Waals surface area contributed by atoms with Crippen molar-refractivity contribution < 1.29 is 8.42 Å². The first-order chi connectivity index (χ1) is 9.16. The van der Waals surface area contributed by atoms with Crippen LogP contribution in [0.3, 0.4) is 0 Å². The predicted octanol–water partition coefficient (Wildman–Crippen LogP) is 0.335. The van der Waals surface area contributed by atoms with E-state index < -0.39 is 10.0 Å². The Labute approximate surface area is 114 Å². The maximum atomic E-state index is 11.7. The van der Waals surface area contributed by atoms with Gasteiger partial charge in [0.15, 0.2) is 0 Å². The number of nitrogens with zero attached hydrogens (tertiary/aromatic N) is 2. The summed E-state index contributed by atoms with van der Waals surface area (Å²) in [6, 6.07) is 0.699. The molecule has 0 unspecified atom stereocenters. The fourth-order valence-electron chi connectivity index (χ4n) is 1.83. The van der Waals surface area contributed by atoms with Gasteiger partial charge in [-0.25, -0.2) is 18.1 Å². The second-order valence-corrected chi connectivity index (χ2v) is 6.88. The highest BCUT2D eigenvalue weighted by Crippen LogP contribution is 2.18. The van der Waals surface area contributed by atoms with E-state index >= 15 is 0 Å². The third-order valence-corrected chi connectivity index (χ3v) is 4.57. The average Bonchev–Trinajstić information content (AvgIpc) is 3.04. The Kier molecular flexibility index (Phi) is 5.35. The lowest BCUT2D eigenvalue weighted by molar-refractivity contribution is 0.565. The van der Waals surface area contributed by atoms with Crippen LogP contribution in [0.4, 0.5) is 0 Å². The van der Waals surface area contributed by atoms with Crippen molar-refractivity contribution in [1.29, 1.82) is 0 Å². The predicted molar refractivity (Wildman–Crippen MR) is 74.3 cm³/mol. The van der Waals surface area contributed by atoms with Gasteiger partial charge in [0, 0.05) is 31.5 Å². The van der Waals surface area contributed by atoms with Crippen LogP contribution < -0.4 is 10.0 Å². The molecule has 1 aromatic heterocycles. The van der Waals surface area contributed by atoms with E-state index in [4.69, 9.17) is 0 Å². The maximum absolute atomic E-state index is 11.7. The molecule has 1 aromatic rings. The summed E-state index contributed by atoms with van der Waals surface area (Å²) >= 11 is 0. The summed E-state index contributed by atoms with van der Waals surface area (Å²) in [7, 11) is -3.13. The second kappa shape index (κ2) is 7.02. The van der Waals surface area contributed by atoms with Gasteiger partial charge in [0.05, 0.1) is 12.1 Å². The summed E-state index contributed by atoms with van der Waals surface area (Å²) in [5, 5.41) is 3.38. The van der Waals surface area contributed by atoms with Gasteiger partial charge < -0.3 is 9.88 Å². The Hall–Kier alpha value is -0.920. The summed E-state index contributed by atoms with van der Waals surface area (Å²) in [6.07, 6.45) is 9.35. The molecule has 1 fully saturated rings. The van der Waals surface area contributed by atoms with Crippen LogP contribution in [0.15, 0.2) is 18.7 Å². The number of aromatic nitrogens is 2. The average molecular weight is 286 g/mol. The van der Waals surface area contributed by atoms with Gasteiger partial charge in [-0.3, -0.25) is 0 Å². The van der Waals surface area contributed by atoms with Gasteiger partial charge in [0.1, 0.15) is 0 Å². The number of hydrogen-bond acceptors (Lipinski definition) is 4. The molecule has 2 rings (SSSR count). The summed E-state index contributed by atoms with van der Waals surface area (Å²) in [5.41, 5.74) is 0. The first-order valence-electron chi connectivity index (χ1n) is 6.82. The SMILES string of the molecule is O=S(=O)(CCCCNC1CC1)NCCn1ccnc1. The molecule has 0 aliphatic heterocycles. The molecule has 0 radical (unpaired) electrons. The summed E-state index contributed by atoms with van der Waals surface area (Å²) in [6.45, 7) is 1.96. The van der Waals surface area contributed by atoms with Crippen molar-refractivity contribution in [2.24, 2.45) is 0 Å². The number of unbranched alkanes of at least 4 members (excludes halogenated alkanes) is 1. The summed E-state index contributed by atoms with van der Waals surface area (Å²) in [4.78, 5) is 3.91. The minimum atomic E-state index is -3.13. The zero-order valence-electron chi connectivity index (χ0n) is 11.1. The first-order valence-corrected chi connectivity index (χ1v) is 8.47. The molecule has 6 nitrogen and oxygen atoms in total. The number of imidazole rings is 1. The highest BCUT2D eigenvalue weighted by molar-refractivity contribution is 7.89. The first kappa shape index (κ1) is 14.5. The number of sulfonamides is 1. The van der Waals surface area contributed by atoms with E-state index in [1.54, 1.807) is 12.5 Å². The van der Waals surface area contributed by atoms with Crippen molar-refractivity contribution in [3.05, 3.63) is 18.7 Å². The molecule has 1 heterocycles. The van der Waals surface area contributed by atoms with Crippen LogP contribution in [0.2, 0.25) is 0 Å². The van der Waals surface area contributed by atoms with Crippen LogP contribution in [0, 0.1) is 0 Å². The van der Waals surface area contributed by atoms with Crippen molar-refractivity contribution >= 4 is 10.0 Å². The molecular weight excluding hydrogens is 264 g/mol. The molecule has 108 valence electrons. The minimum Gasteiger partial charge on any atom is -0.336 e. The quantitative estimate of drug-likeness (QED) is 0.608. The van der Waals surface area contributed by atoms with Gasteiger partial charge in [0.2, 0.25) is 10.0 Å². The van der Waals surface area contributed by atoms with E-state index in [0.717, 1.165) is 13.0 Å². The molecule has 19 heavy (non-hydrogen) atoms. The molecular formula is C12H22N4O2S. The molecule has 0 saturated heterocycles. The lowest BCUT2D eigenvalue weighted by Crippen LogP contribution is -2.29. The summed E-state index contributed by atoms with van der Waals surface area (Å²) in [5.74, 6) is 0.212. The Bertz CT molecular complexity index is 454. The van der Waals surface area contributed by atoms with Crippen molar-refractivity contribution in [3.8, 4) is 0 Å². The van der Waals surface area contributed by atoms with Crippen molar-refractivity contribution in [2.75, 3.05) is 18.8 Å². The Morgan fingerprint density at radius 1 is 1.26 bits per heavy atom. The minimum absolute atomic E-state index is 0.212. The molecule has 0 bridgehead atoms. The highest BCUT2D eigenvalue weighted by Gasteiger charge is 2.19. The van der Waals surface area contributed by atoms with E-state index in [9.17, 15) is 8.42 Å². The zero-order valence-corrected chi connectivity index (χ0v) is 11.9. The van der Waals surface area contributed by atoms with Crippen LogP contribution in [0.1, 0.15) is 25.7 Å². The van der Waals surface area contributed by atoms with E-state index in [2.05, 4.69) is 15.0 Å². The monoisotopic (exact) mass is 286 g/mol. The standard InChI is InChI=1S/C12H22N4O2S/c17-19(18,10-2-1-5-14-12-3-4-12)15-7-9-16-8-6-13-11-16/h6,8,11-12,14-15H,1-5,7,9-10H2. The van der Waals surface area contributed by atoms with Gasteiger partial charge in [-0.1, -0.05) is 0 Å². The lowest BCUT2D eigenvalue weighted by Gasteiger charge is -2.07. The highest BCUT2D eigenvalue weighted by atomic mass is 32.2. The van der Waals surface area contributed by atoms with E-state index in [-0.39, 0.29) is 5.75 Å². The van der Waals surface area contributed by atoms with Crippen LogP contribution in [-0.2, 0) is 16.6 Å². The number of rotatable bonds is 10. The number of hydrogen-bond donors (Lipinski definition) is 2. The smallest absolute Gasteiger partial charge is 0.211 e. The molecule has 2 N–H and O–H groups in total. The topological polar surface area (TPSA) is 76.0 Å². The van der Waals surface area contributed by atoms with Crippen molar-refractivity contribution in [3.63, 3.8) is 0 Å². The Morgan fingerprint density at radius 3 is 2.79 bits per heavy atom. The second-order valence-electron chi connectivity index (χ2n) is 4.95. The lowest BCUT2D eigenvalue weighted by atomic mass is 10.3. The van der Waals surface area contributed by atoms with Crippen LogP contribution in [0.5, 0.6) is 0 Å². The van der Waals surface area contributed by atoms with E-state index in [1.807, 2.05) is 10.8 Å². The third kappa shape index (κ3) is 6.17. The zero-order chi connectivity index (χ0) is 13.6. The molecule has 0 amide bonds. The molecule has 0 aromatic carbocycles. The van der Waals surface area contributed by atoms with Crippen LogP contribution in [-0.4, -0.2) is 42.9 Å². The fourth-order valence-corrected chi connectivity index (χ4v) is 2.96. The number of nitrogens with one attached hydrogen (secondary N) is 2. The van der Waals surface area contributed by atoms with Gasteiger partial charge >= 0.3 is 0 Å². The van der Waals surface area contributed by atoms with E-state index in [1.165, 1.54) is 12.8 Å². The van der Waals surface area contributed by atoms with Gasteiger partial charge in [-0.05, 0) is 32.2 Å². The van der Waals surface area contributed by atoms with Crippen molar-refractivity contribution in [1.82, 2.24) is 19.6 Å². The molecule has 1 aliphatic carbocycles. The van der Waals surface area contributed by atoms with Gasteiger partial charge in [-0.15, -0.1) is 0 Å². The maximum Gasteiger partial charge on any atom is 0.211 e. The third-order valence-electron chi connectivity index (χ3n) is 3.10. The molecule has 0 atom stereocenters. The van der Waals surface area contributed by atoms with E-state index in [0.29, 0.717) is 25.6 Å². The van der Waals surface area contributed by atoms with Gasteiger partial charge in [0.25, 0.3) is 0 Å². The molecule has 1 aliphatic rings. The molecule has 0 spiro atoms.